The van der Waals surface area contributed by atoms with E-state index in [1.807, 2.05) is 0 Å². The molecular weight excluding hydrogens is 316 g/mol. The highest BCUT2D eigenvalue weighted by molar-refractivity contribution is 6.21. The molecule has 24 heavy (non-hydrogen) atoms. The molecule has 0 bridgehead atoms. The van der Waals surface area contributed by atoms with Gasteiger partial charge < -0.3 is 5.11 Å². The third-order valence-corrected chi connectivity index (χ3v) is 5.83. The van der Waals surface area contributed by atoms with Crippen LogP contribution >= 0.6 is 11.6 Å². The summed E-state index contributed by atoms with van der Waals surface area (Å²) in [6.45, 7) is 5.89. The van der Waals surface area contributed by atoms with Crippen molar-refractivity contribution in [3.8, 4) is 0 Å². The summed E-state index contributed by atoms with van der Waals surface area (Å²) in [4.78, 5) is 0. The minimum atomic E-state index is -0.739. The summed E-state index contributed by atoms with van der Waals surface area (Å²) in [6.07, 6.45) is 23.2. The van der Waals surface area contributed by atoms with Gasteiger partial charge in [0.05, 0.1) is 11.0 Å². The predicted octanol–water partition coefficient (Wildman–Crippen LogP) is 8.02. The maximum absolute atomic E-state index is 9.78. The van der Waals surface area contributed by atoms with Gasteiger partial charge in [0.15, 0.2) is 0 Å². The number of hydrogen-bond acceptors (Lipinski definition) is 1. The molecule has 0 aromatic heterocycles. The average Bonchev–Trinajstić information content (AvgIpc) is 2.53. The number of aliphatic hydroxyl groups is 1. The van der Waals surface area contributed by atoms with Crippen LogP contribution in [0.4, 0.5) is 0 Å². The Balaban J connectivity index is 3.10. The van der Waals surface area contributed by atoms with Crippen molar-refractivity contribution in [1.82, 2.24) is 0 Å². The molecule has 1 N–H and O–H groups in total. The first-order valence-electron chi connectivity index (χ1n) is 10.8. The minimum Gasteiger partial charge on any atom is -0.389 e. The largest absolute Gasteiger partial charge is 0.389 e. The highest BCUT2D eigenvalue weighted by atomic mass is 35.5. The molecule has 1 atom stereocenters. The Morgan fingerprint density at radius 2 is 0.917 bits per heavy atom. The lowest BCUT2D eigenvalue weighted by Gasteiger charge is -2.23. The highest BCUT2D eigenvalue weighted by Gasteiger charge is 2.23. The zero-order chi connectivity index (χ0) is 18.1. The molecule has 0 fully saturated rings. The minimum absolute atomic E-state index is 0.107. The standard InChI is InChI=1S/C22H45ClO/c1-4-5-6-7-8-9-10-11-12-13-14-15-16-17-18-19-20-21(23)22(2,3)24/h21,24H,4-20H2,1-3H3. The van der Waals surface area contributed by atoms with Crippen LogP contribution in [-0.2, 0) is 0 Å². The normalized spacial score (nSPS) is 13.4. The SMILES string of the molecule is CCCCCCCCCCCCCCCCCCC(Cl)C(C)(C)O. The van der Waals surface area contributed by atoms with Gasteiger partial charge in [0.2, 0.25) is 0 Å². The molecule has 0 aliphatic heterocycles. The van der Waals surface area contributed by atoms with Gasteiger partial charge >= 0.3 is 0 Å². The van der Waals surface area contributed by atoms with Gasteiger partial charge in [-0.3, -0.25) is 0 Å². The monoisotopic (exact) mass is 360 g/mol. The van der Waals surface area contributed by atoms with Crippen molar-refractivity contribution in [3.05, 3.63) is 0 Å². The summed E-state index contributed by atoms with van der Waals surface area (Å²) in [5, 5.41) is 9.67. The Hall–Kier alpha value is 0.250. The van der Waals surface area contributed by atoms with E-state index in [9.17, 15) is 5.11 Å². The van der Waals surface area contributed by atoms with Gasteiger partial charge in [0, 0.05) is 0 Å². The molecule has 1 nitrogen and oxygen atoms in total. The maximum Gasteiger partial charge on any atom is 0.0754 e. The second-order valence-corrected chi connectivity index (χ2v) is 8.74. The summed E-state index contributed by atoms with van der Waals surface area (Å²) < 4.78 is 0. The zero-order valence-electron chi connectivity index (χ0n) is 16.9. The van der Waals surface area contributed by atoms with Gasteiger partial charge in [-0.15, -0.1) is 11.6 Å². The van der Waals surface area contributed by atoms with Gasteiger partial charge in [0.1, 0.15) is 0 Å². The Morgan fingerprint density at radius 1 is 0.625 bits per heavy atom. The Labute approximate surface area is 158 Å². The summed E-state index contributed by atoms with van der Waals surface area (Å²) >= 11 is 6.17. The van der Waals surface area contributed by atoms with E-state index in [1.165, 1.54) is 96.3 Å². The Bertz CT molecular complexity index is 247. The van der Waals surface area contributed by atoms with Crippen LogP contribution in [0.3, 0.4) is 0 Å². The molecule has 0 radical (unpaired) electrons. The summed E-state index contributed by atoms with van der Waals surface area (Å²) in [5.41, 5.74) is -0.739. The lowest BCUT2D eigenvalue weighted by Crippen LogP contribution is -2.31. The van der Waals surface area contributed by atoms with Gasteiger partial charge in [-0.25, -0.2) is 0 Å². The van der Waals surface area contributed by atoms with Crippen LogP contribution in [0.15, 0.2) is 0 Å². The van der Waals surface area contributed by atoms with E-state index >= 15 is 0 Å². The second kappa shape index (κ2) is 16.7. The Kier molecular flexibility index (Phi) is 16.9. The van der Waals surface area contributed by atoms with E-state index in [0.717, 1.165) is 12.8 Å². The maximum atomic E-state index is 9.78. The lowest BCUT2D eigenvalue weighted by atomic mass is 9.98. The number of unbranched alkanes of at least 4 members (excludes halogenated alkanes) is 15. The van der Waals surface area contributed by atoms with Gasteiger partial charge in [0.25, 0.3) is 0 Å². The third kappa shape index (κ3) is 17.1. The molecule has 0 aliphatic rings. The summed E-state index contributed by atoms with van der Waals surface area (Å²) in [6, 6.07) is 0. The van der Waals surface area contributed by atoms with Gasteiger partial charge in [-0.2, -0.15) is 0 Å². The van der Waals surface area contributed by atoms with Crippen LogP contribution in [-0.4, -0.2) is 16.1 Å². The topological polar surface area (TPSA) is 20.2 Å². The van der Waals surface area contributed by atoms with Crippen LogP contribution in [0, 0.1) is 0 Å². The fourth-order valence-electron chi connectivity index (χ4n) is 3.22. The molecule has 0 amide bonds. The fourth-order valence-corrected chi connectivity index (χ4v) is 3.38. The predicted molar refractivity (Wildman–Crippen MR) is 110 cm³/mol. The summed E-state index contributed by atoms with van der Waals surface area (Å²) in [7, 11) is 0. The fraction of sp³-hybridized carbons (Fsp3) is 1.00. The molecule has 0 saturated carbocycles. The van der Waals surface area contributed by atoms with E-state index in [2.05, 4.69) is 6.92 Å². The van der Waals surface area contributed by atoms with Crippen LogP contribution in [0.2, 0.25) is 0 Å². The molecule has 146 valence electrons. The first kappa shape index (κ1) is 24.2. The lowest BCUT2D eigenvalue weighted by molar-refractivity contribution is 0.0722. The zero-order valence-corrected chi connectivity index (χ0v) is 17.7. The second-order valence-electron chi connectivity index (χ2n) is 8.21. The quantitative estimate of drug-likeness (QED) is 0.194. The van der Waals surface area contributed by atoms with Crippen molar-refractivity contribution in [2.45, 2.75) is 141 Å². The molecule has 1 unspecified atom stereocenters. The van der Waals surface area contributed by atoms with Crippen LogP contribution < -0.4 is 0 Å². The van der Waals surface area contributed by atoms with E-state index in [0.29, 0.717) is 0 Å². The third-order valence-electron chi connectivity index (χ3n) is 5.08. The number of hydrogen-bond donors (Lipinski definition) is 1. The molecule has 0 aromatic carbocycles. The van der Waals surface area contributed by atoms with E-state index in [4.69, 9.17) is 11.6 Å². The molecule has 2 heteroatoms. The van der Waals surface area contributed by atoms with E-state index in [-0.39, 0.29) is 5.38 Å². The van der Waals surface area contributed by atoms with E-state index in [1.54, 1.807) is 13.8 Å². The number of alkyl halides is 1. The van der Waals surface area contributed by atoms with Crippen molar-refractivity contribution in [1.29, 1.82) is 0 Å². The van der Waals surface area contributed by atoms with Crippen molar-refractivity contribution in [2.75, 3.05) is 0 Å². The average molecular weight is 361 g/mol. The van der Waals surface area contributed by atoms with Gasteiger partial charge in [-0.1, -0.05) is 110 Å². The molecule has 0 heterocycles. The molecule has 0 saturated heterocycles. The van der Waals surface area contributed by atoms with Crippen molar-refractivity contribution < 1.29 is 5.11 Å². The molecule has 0 spiro atoms. The first-order valence-corrected chi connectivity index (χ1v) is 11.3. The van der Waals surface area contributed by atoms with Crippen LogP contribution in [0.5, 0.6) is 0 Å². The Morgan fingerprint density at radius 3 is 1.21 bits per heavy atom. The molecular formula is C22H45ClO. The van der Waals surface area contributed by atoms with E-state index < -0.39 is 5.60 Å². The smallest absolute Gasteiger partial charge is 0.0754 e. The van der Waals surface area contributed by atoms with Crippen molar-refractivity contribution >= 4 is 11.6 Å². The highest BCUT2D eigenvalue weighted by Crippen LogP contribution is 2.21. The van der Waals surface area contributed by atoms with Crippen LogP contribution in [0.1, 0.15) is 130 Å². The van der Waals surface area contributed by atoms with Crippen molar-refractivity contribution in [3.63, 3.8) is 0 Å². The molecule has 0 aromatic rings. The molecule has 0 rings (SSSR count). The first-order chi connectivity index (χ1) is 11.5. The van der Waals surface area contributed by atoms with Gasteiger partial charge in [-0.05, 0) is 20.3 Å². The number of halogens is 1. The molecule has 0 aliphatic carbocycles. The van der Waals surface area contributed by atoms with Crippen molar-refractivity contribution in [2.24, 2.45) is 0 Å². The summed E-state index contributed by atoms with van der Waals surface area (Å²) in [5.74, 6) is 0. The number of rotatable bonds is 18. The van der Waals surface area contributed by atoms with Crippen LogP contribution in [0.25, 0.3) is 0 Å².